The average Bonchev–Trinajstić information content (AvgIpc) is 2.73. The van der Waals surface area contributed by atoms with Crippen molar-refractivity contribution in [3.8, 4) is 0 Å². The molecule has 0 radical (unpaired) electrons. The standard InChI is InChI=1S/C15H26N4/c1-3-12-14(16)15(18(2)17-12)19-10-6-8-11-7-4-5-9-13(11)19/h11,13H,3-10,16H2,1-2H3. The van der Waals surface area contributed by atoms with Crippen LogP contribution in [0.15, 0.2) is 0 Å². The van der Waals surface area contributed by atoms with Crippen LogP contribution in [0.3, 0.4) is 0 Å². The smallest absolute Gasteiger partial charge is 0.150 e. The highest BCUT2D eigenvalue weighted by Crippen LogP contribution is 2.40. The third kappa shape index (κ3) is 2.11. The fraction of sp³-hybridized carbons (Fsp3) is 0.800. The molecule has 2 N–H and O–H groups in total. The molecule has 1 aromatic rings. The van der Waals surface area contributed by atoms with Crippen molar-refractivity contribution in [3.63, 3.8) is 0 Å². The molecule has 2 atom stereocenters. The lowest BCUT2D eigenvalue weighted by Crippen LogP contribution is -2.47. The van der Waals surface area contributed by atoms with Gasteiger partial charge in [0.25, 0.3) is 0 Å². The van der Waals surface area contributed by atoms with Gasteiger partial charge in [0.05, 0.1) is 11.4 Å². The van der Waals surface area contributed by atoms with Crippen molar-refractivity contribution < 1.29 is 0 Å². The molecule has 0 amide bonds. The van der Waals surface area contributed by atoms with Crippen LogP contribution in [0.1, 0.15) is 51.1 Å². The fourth-order valence-electron chi connectivity index (χ4n) is 4.08. The van der Waals surface area contributed by atoms with Crippen molar-refractivity contribution in [1.29, 1.82) is 0 Å². The first-order valence-electron chi connectivity index (χ1n) is 7.80. The molecule has 4 heteroatoms. The quantitative estimate of drug-likeness (QED) is 0.891. The van der Waals surface area contributed by atoms with E-state index >= 15 is 0 Å². The van der Waals surface area contributed by atoms with E-state index < -0.39 is 0 Å². The van der Waals surface area contributed by atoms with Gasteiger partial charge in [0.15, 0.2) is 5.82 Å². The van der Waals surface area contributed by atoms with Crippen LogP contribution < -0.4 is 10.6 Å². The Morgan fingerprint density at radius 2 is 1.95 bits per heavy atom. The molecule has 1 saturated carbocycles. The van der Waals surface area contributed by atoms with E-state index in [0.29, 0.717) is 6.04 Å². The van der Waals surface area contributed by atoms with E-state index in [9.17, 15) is 0 Å². The molecular formula is C15H26N4. The summed E-state index contributed by atoms with van der Waals surface area (Å²) in [6, 6.07) is 0.699. The number of fused-ring (bicyclic) bond motifs is 1. The minimum atomic E-state index is 0.699. The molecule has 2 heterocycles. The normalized spacial score (nSPS) is 27.4. The van der Waals surface area contributed by atoms with E-state index in [1.54, 1.807) is 0 Å². The molecule has 2 aliphatic rings. The lowest BCUT2D eigenvalue weighted by atomic mass is 9.78. The molecule has 0 aromatic carbocycles. The van der Waals surface area contributed by atoms with Crippen LogP contribution in [0.5, 0.6) is 0 Å². The van der Waals surface area contributed by atoms with Crippen molar-refractivity contribution in [1.82, 2.24) is 9.78 Å². The number of anilines is 2. The van der Waals surface area contributed by atoms with Gasteiger partial charge < -0.3 is 10.6 Å². The summed E-state index contributed by atoms with van der Waals surface area (Å²) in [6.07, 6.45) is 9.14. The summed E-state index contributed by atoms with van der Waals surface area (Å²) in [7, 11) is 2.04. The zero-order valence-electron chi connectivity index (χ0n) is 12.2. The number of hydrogen-bond donors (Lipinski definition) is 1. The Hall–Kier alpha value is -1.19. The topological polar surface area (TPSA) is 47.1 Å². The van der Waals surface area contributed by atoms with Crippen molar-refractivity contribution in [2.24, 2.45) is 13.0 Å². The van der Waals surface area contributed by atoms with Crippen LogP contribution in [0.4, 0.5) is 11.5 Å². The molecule has 0 bridgehead atoms. The second-order valence-corrected chi connectivity index (χ2v) is 6.11. The van der Waals surface area contributed by atoms with Gasteiger partial charge in [0, 0.05) is 19.6 Å². The van der Waals surface area contributed by atoms with Gasteiger partial charge in [-0.1, -0.05) is 19.8 Å². The number of nitrogens with zero attached hydrogens (tertiary/aromatic N) is 3. The molecule has 106 valence electrons. The lowest BCUT2D eigenvalue weighted by molar-refractivity contribution is 0.241. The highest BCUT2D eigenvalue weighted by molar-refractivity contribution is 5.67. The Morgan fingerprint density at radius 1 is 1.21 bits per heavy atom. The zero-order valence-corrected chi connectivity index (χ0v) is 12.2. The van der Waals surface area contributed by atoms with Gasteiger partial charge in [-0.25, -0.2) is 0 Å². The molecule has 3 rings (SSSR count). The summed E-state index contributed by atoms with van der Waals surface area (Å²) in [5.74, 6) is 2.05. The van der Waals surface area contributed by atoms with E-state index in [0.717, 1.165) is 30.3 Å². The predicted octanol–water partition coefficient (Wildman–Crippen LogP) is 2.72. The van der Waals surface area contributed by atoms with Crippen molar-refractivity contribution in [2.45, 2.75) is 57.9 Å². The van der Waals surface area contributed by atoms with Gasteiger partial charge in [-0.2, -0.15) is 5.10 Å². The summed E-state index contributed by atoms with van der Waals surface area (Å²) in [5.41, 5.74) is 8.31. The van der Waals surface area contributed by atoms with Crippen LogP contribution in [-0.4, -0.2) is 22.4 Å². The molecule has 1 aliphatic carbocycles. The monoisotopic (exact) mass is 262 g/mol. The maximum Gasteiger partial charge on any atom is 0.150 e. The maximum atomic E-state index is 6.34. The molecule has 4 nitrogen and oxygen atoms in total. The van der Waals surface area contributed by atoms with Gasteiger partial charge in [-0.3, -0.25) is 4.68 Å². The van der Waals surface area contributed by atoms with Gasteiger partial charge in [-0.05, 0) is 38.0 Å². The van der Waals surface area contributed by atoms with Crippen LogP contribution >= 0.6 is 0 Å². The summed E-state index contributed by atoms with van der Waals surface area (Å²) < 4.78 is 2.01. The molecule has 1 saturated heterocycles. The predicted molar refractivity (Wildman–Crippen MR) is 79.3 cm³/mol. The van der Waals surface area contributed by atoms with Crippen LogP contribution in [0, 0.1) is 5.92 Å². The second-order valence-electron chi connectivity index (χ2n) is 6.11. The Kier molecular flexibility index (Phi) is 3.42. The third-order valence-electron chi connectivity index (χ3n) is 4.98. The fourth-order valence-corrected chi connectivity index (χ4v) is 4.08. The summed E-state index contributed by atoms with van der Waals surface area (Å²) >= 11 is 0. The number of rotatable bonds is 2. The van der Waals surface area contributed by atoms with E-state index in [2.05, 4.69) is 16.9 Å². The zero-order chi connectivity index (χ0) is 13.4. The molecule has 2 fully saturated rings. The highest BCUT2D eigenvalue weighted by Gasteiger charge is 2.35. The Labute approximate surface area is 116 Å². The number of piperidine rings is 1. The molecule has 2 unspecified atom stereocenters. The van der Waals surface area contributed by atoms with Gasteiger partial charge >= 0.3 is 0 Å². The summed E-state index contributed by atoms with van der Waals surface area (Å²) in [4.78, 5) is 2.56. The van der Waals surface area contributed by atoms with Crippen LogP contribution in [-0.2, 0) is 13.5 Å². The molecule has 1 aliphatic heterocycles. The van der Waals surface area contributed by atoms with Crippen LogP contribution in [0.2, 0.25) is 0 Å². The van der Waals surface area contributed by atoms with Gasteiger partial charge in [0.1, 0.15) is 0 Å². The molecular weight excluding hydrogens is 236 g/mol. The van der Waals surface area contributed by atoms with Gasteiger partial charge in [0.2, 0.25) is 0 Å². The average molecular weight is 262 g/mol. The van der Waals surface area contributed by atoms with Crippen LogP contribution in [0.25, 0.3) is 0 Å². The number of aromatic nitrogens is 2. The van der Waals surface area contributed by atoms with Gasteiger partial charge in [-0.15, -0.1) is 0 Å². The van der Waals surface area contributed by atoms with Crippen molar-refractivity contribution >= 4 is 11.5 Å². The van der Waals surface area contributed by atoms with E-state index in [1.807, 2.05) is 11.7 Å². The number of nitrogens with two attached hydrogens (primary N) is 1. The largest absolute Gasteiger partial charge is 0.394 e. The summed E-state index contributed by atoms with van der Waals surface area (Å²) in [6.45, 7) is 3.27. The number of aryl methyl sites for hydroxylation is 2. The lowest BCUT2D eigenvalue weighted by Gasteiger charge is -2.45. The maximum absolute atomic E-state index is 6.34. The molecule has 19 heavy (non-hydrogen) atoms. The van der Waals surface area contributed by atoms with E-state index in [-0.39, 0.29) is 0 Å². The number of nitrogen functional groups attached to an aromatic ring is 1. The van der Waals surface area contributed by atoms with E-state index in [1.165, 1.54) is 44.3 Å². The second kappa shape index (κ2) is 5.06. The SMILES string of the molecule is CCc1nn(C)c(N2CCCC3CCCCC32)c1N. The molecule has 0 spiro atoms. The Balaban J connectivity index is 1.93. The summed E-state index contributed by atoms with van der Waals surface area (Å²) in [5, 5.41) is 4.59. The number of hydrogen-bond acceptors (Lipinski definition) is 3. The highest BCUT2D eigenvalue weighted by atomic mass is 15.4. The van der Waals surface area contributed by atoms with Crippen molar-refractivity contribution in [2.75, 3.05) is 17.2 Å². The molecule has 1 aromatic heterocycles. The first kappa shape index (κ1) is 12.8. The Morgan fingerprint density at radius 3 is 2.68 bits per heavy atom. The minimum Gasteiger partial charge on any atom is -0.394 e. The first-order valence-corrected chi connectivity index (χ1v) is 7.80. The third-order valence-corrected chi connectivity index (χ3v) is 4.98. The van der Waals surface area contributed by atoms with Crippen molar-refractivity contribution in [3.05, 3.63) is 5.69 Å². The Bertz CT molecular complexity index is 449. The first-order chi connectivity index (χ1) is 9.22. The van der Waals surface area contributed by atoms with E-state index in [4.69, 9.17) is 5.73 Å². The minimum absolute atomic E-state index is 0.699.